The maximum absolute atomic E-state index is 13.7. The first kappa shape index (κ1) is 29.5. The second kappa shape index (κ2) is 13.6. The molecule has 0 radical (unpaired) electrons. The van der Waals surface area contributed by atoms with Crippen molar-refractivity contribution < 1.29 is 30.4 Å². The molecule has 1 aromatic carbocycles. The molecule has 0 spiro atoms. The molecule has 0 aromatic heterocycles. The number of allylic oxidation sites excluding steroid dienone is 1. The first-order valence-electron chi connectivity index (χ1n) is 13.9. The number of nitrogens with one attached hydrogen (secondary N) is 1. The Balaban J connectivity index is 0.00000174. The summed E-state index contributed by atoms with van der Waals surface area (Å²) in [7, 11) is 1.61. The number of benzene rings is 1. The average Bonchev–Trinajstić information content (AvgIpc) is 3.48. The molecule has 2 fully saturated rings. The van der Waals surface area contributed by atoms with Crippen LogP contribution in [-0.4, -0.2) is 77.3 Å². The molecule has 3 aliphatic rings. The van der Waals surface area contributed by atoms with Gasteiger partial charge in [-0.3, -0.25) is 4.79 Å². The number of aliphatic hydroxyl groups is 1. The highest BCUT2D eigenvalue weighted by Crippen LogP contribution is 2.46. The zero-order valence-corrected chi connectivity index (χ0v) is 23.2. The Morgan fingerprint density at radius 2 is 1.92 bits per heavy atom. The number of hydrogen-bond acceptors (Lipinski definition) is 6. The van der Waals surface area contributed by atoms with Gasteiger partial charge in [0.15, 0.2) is 0 Å². The van der Waals surface area contributed by atoms with E-state index in [0.717, 1.165) is 37.0 Å². The van der Waals surface area contributed by atoms with Crippen LogP contribution in [0, 0.1) is 5.92 Å². The van der Waals surface area contributed by atoms with Crippen LogP contribution in [0.3, 0.4) is 0 Å². The molecule has 9 nitrogen and oxygen atoms in total. The van der Waals surface area contributed by atoms with Gasteiger partial charge in [0.1, 0.15) is 17.3 Å². The van der Waals surface area contributed by atoms with E-state index in [1.807, 2.05) is 44.2 Å². The molecule has 2 heterocycles. The van der Waals surface area contributed by atoms with Crippen LogP contribution in [0.1, 0.15) is 66.3 Å². The predicted octanol–water partition coefficient (Wildman–Crippen LogP) is 3.89. The van der Waals surface area contributed by atoms with Crippen molar-refractivity contribution in [2.75, 3.05) is 26.8 Å². The number of urea groups is 1. The fourth-order valence-electron chi connectivity index (χ4n) is 5.16. The zero-order chi connectivity index (χ0) is 27.7. The number of ether oxygens (including phenoxy) is 2. The fraction of sp³-hybridized carbons (Fsp3) is 0.621. The Hall–Kier alpha value is -3.07. The lowest BCUT2D eigenvalue weighted by Crippen LogP contribution is -2.55. The van der Waals surface area contributed by atoms with Crippen LogP contribution in [0.4, 0.5) is 4.79 Å². The number of carbonyl (C=O) groups excluding carboxylic acids is 3. The standard InChI is InChI=1S/C27H37N3O6.C2H6.H2/c1-3-36-25(33)27-16-20(27)9-7-5-4-6-8-14-29(17-19-10-12-22(35-2)13-11-19)26(34)30-18-21(31)15-23(30)24(32)28-27;1-2;/h7,9-13,20-21,23,31H,3-6,8,14-18H2,1-2H3,(H,28,32);1-2H3;1H/b9-7-;;/t20-,21-,23+,27-;;/m1../s1. The molecule has 1 saturated carbocycles. The molecule has 0 bridgehead atoms. The summed E-state index contributed by atoms with van der Waals surface area (Å²) < 4.78 is 10.5. The molecule has 1 saturated heterocycles. The number of carbonyl (C=O) groups is 3. The van der Waals surface area contributed by atoms with Crippen LogP contribution in [0.2, 0.25) is 0 Å². The van der Waals surface area contributed by atoms with Crippen molar-refractivity contribution in [2.24, 2.45) is 5.92 Å². The highest BCUT2D eigenvalue weighted by molar-refractivity contribution is 5.95. The second-order valence-electron chi connectivity index (χ2n) is 9.88. The Bertz CT molecular complexity index is 988. The highest BCUT2D eigenvalue weighted by atomic mass is 16.5. The van der Waals surface area contributed by atoms with Crippen LogP contribution in [0.15, 0.2) is 36.4 Å². The topological polar surface area (TPSA) is 108 Å². The smallest absolute Gasteiger partial charge is 0.332 e. The SMILES string of the molecule is CC.CCOC(=O)[C@@]12C[C@H]1/C=C\CCCCCN(Cc1ccc(OC)cc1)C(=O)N1C[C@H](O)C[C@H]1C(=O)N2.[HH]. The lowest BCUT2D eigenvalue weighted by molar-refractivity contribution is -0.149. The molecule has 1 aliphatic carbocycles. The molecule has 38 heavy (non-hydrogen) atoms. The Labute approximate surface area is 227 Å². The minimum Gasteiger partial charge on any atom is -0.497 e. The fourth-order valence-corrected chi connectivity index (χ4v) is 5.16. The Morgan fingerprint density at radius 1 is 1.18 bits per heavy atom. The minimum absolute atomic E-state index is 0. The molecule has 9 heteroatoms. The quantitative estimate of drug-likeness (QED) is 0.441. The molecule has 0 unspecified atom stereocenters. The van der Waals surface area contributed by atoms with Crippen molar-refractivity contribution in [1.29, 1.82) is 0 Å². The summed E-state index contributed by atoms with van der Waals surface area (Å²) in [5.41, 5.74) is -0.151. The maximum Gasteiger partial charge on any atom is 0.332 e. The van der Waals surface area contributed by atoms with E-state index in [9.17, 15) is 19.5 Å². The van der Waals surface area contributed by atoms with E-state index in [1.54, 1.807) is 18.9 Å². The summed E-state index contributed by atoms with van der Waals surface area (Å²) in [5.74, 6) is -0.269. The number of methoxy groups -OCH3 is 1. The Kier molecular flexibility index (Phi) is 10.6. The van der Waals surface area contributed by atoms with E-state index in [4.69, 9.17) is 9.47 Å². The molecule has 2 aliphatic heterocycles. The monoisotopic (exact) mass is 531 g/mol. The van der Waals surface area contributed by atoms with Gasteiger partial charge in [-0.25, -0.2) is 9.59 Å². The first-order valence-corrected chi connectivity index (χ1v) is 13.9. The number of rotatable bonds is 5. The number of aliphatic hydroxyl groups excluding tert-OH is 1. The number of hydrogen-bond donors (Lipinski definition) is 2. The van der Waals surface area contributed by atoms with Gasteiger partial charge in [-0.15, -0.1) is 0 Å². The summed E-state index contributed by atoms with van der Waals surface area (Å²) in [6, 6.07) is 6.42. The summed E-state index contributed by atoms with van der Waals surface area (Å²) >= 11 is 0. The number of esters is 1. The normalized spacial score (nSPS) is 28.4. The summed E-state index contributed by atoms with van der Waals surface area (Å²) in [6.45, 7) is 6.97. The van der Waals surface area contributed by atoms with Crippen LogP contribution >= 0.6 is 0 Å². The van der Waals surface area contributed by atoms with E-state index in [-0.39, 0.29) is 32.9 Å². The van der Waals surface area contributed by atoms with E-state index in [2.05, 4.69) is 11.4 Å². The van der Waals surface area contributed by atoms with Crippen LogP contribution in [0.5, 0.6) is 5.75 Å². The van der Waals surface area contributed by atoms with Crippen molar-refractivity contribution >= 4 is 17.9 Å². The predicted molar refractivity (Wildman–Crippen MR) is 147 cm³/mol. The number of nitrogens with zero attached hydrogens (tertiary/aromatic N) is 2. The van der Waals surface area contributed by atoms with Gasteiger partial charge < -0.3 is 29.7 Å². The van der Waals surface area contributed by atoms with Crippen LogP contribution in [0.25, 0.3) is 0 Å². The third kappa shape index (κ3) is 6.87. The van der Waals surface area contributed by atoms with Crippen molar-refractivity contribution in [3.8, 4) is 5.75 Å². The molecular formula is C29H45N3O6. The third-order valence-corrected chi connectivity index (χ3v) is 7.30. The average molecular weight is 532 g/mol. The molecule has 1 aromatic rings. The summed E-state index contributed by atoms with van der Waals surface area (Å²) in [5, 5.41) is 13.3. The largest absolute Gasteiger partial charge is 0.497 e. The van der Waals surface area contributed by atoms with E-state index < -0.39 is 29.6 Å². The van der Waals surface area contributed by atoms with Crippen molar-refractivity contribution in [2.45, 2.75) is 83.5 Å². The van der Waals surface area contributed by atoms with Gasteiger partial charge in [-0.05, 0) is 50.3 Å². The van der Waals surface area contributed by atoms with Gasteiger partial charge >= 0.3 is 12.0 Å². The molecular weight excluding hydrogens is 486 g/mol. The molecule has 2 N–H and O–H groups in total. The van der Waals surface area contributed by atoms with E-state index in [0.29, 0.717) is 19.5 Å². The molecule has 3 amide bonds. The molecule has 4 atom stereocenters. The van der Waals surface area contributed by atoms with Crippen molar-refractivity contribution in [3.05, 3.63) is 42.0 Å². The Morgan fingerprint density at radius 3 is 2.61 bits per heavy atom. The highest BCUT2D eigenvalue weighted by Gasteiger charge is 2.62. The van der Waals surface area contributed by atoms with E-state index in [1.165, 1.54) is 4.90 Å². The van der Waals surface area contributed by atoms with Gasteiger partial charge in [0.05, 0.1) is 19.8 Å². The van der Waals surface area contributed by atoms with Crippen LogP contribution in [-0.2, 0) is 20.9 Å². The van der Waals surface area contributed by atoms with Crippen LogP contribution < -0.4 is 10.1 Å². The number of fused-ring (bicyclic) bond motifs is 2. The first-order chi connectivity index (χ1) is 18.4. The zero-order valence-electron chi connectivity index (χ0n) is 23.2. The van der Waals surface area contributed by atoms with Gasteiger partial charge in [0.2, 0.25) is 5.91 Å². The molecule has 4 rings (SSSR count). The van der Waals surface area contributed by atoms with Gasteiger partial charge in [0.25, 0.3) is 0 Å². The number of amides is 3. The van der Waals surface area contributed by atoms with E-state index >= 15 is 0 Å². The summed E-state index contributed by atoms with van der Waals surface area (Å²) in [6.07, 6.45) is 7.50. The maximum atomic E-state index is 13.7. The van der Waals surface area contributed by atoms with Gasteiger partial charge in [-0.1, -0.05) is 44.6 Å². The lowest BCUT2D eigenvalue weighted by atomic mass is 10.1. The lowest BCUT2D eigenvalue weighted by Gasteiger charge is -2.32. The van der Waals surface area contributed by atoms with Crippen molar-refractivity contribution in [1.82, 2.24) is 15.1 Å². The summed E-state index contributed by atoms with van der Waals surface area (Å²) in [4.78, 5) is 43.2. The minimum atomic E-state index is -1.10. The van der Waals surface area contributed by atoms with Gasteiger partial charge in [0, 0.05) is 33.4 Å². The molecule has 212 valence electrons. The second-order valence-corrected chi connectivity index (χ2v) is 9.88. The van der Waals surface area contributed by atoms with Crippen molar-refractivity contribution in [3.63, 3.8) is 0 Å². The van der Waals surface area contributed by atoms with Gasteiger partial charge in [-0.2, -0.15) is 0 Å². The third-order valence-electron chi connectivity index (χ3n) is 7.30.